The Morgan fingerprint density at radius 1 is 1.05 bits per heavy atom. The molecule has 2 rings (SSSR count). The molecule has 5 atom stereocenters. The van der Waals surface area contributed by atoms with Gasteiger partial charge < -0.3 is 9.84 Å². The summed E-state index contributed by atoms with van der Waals surface area (Å²) < 4.78 is 5.81. The van der Waals surface area contributed by atoms with Crippen molar-refractivity contribution in [2.45, 2.75) is 78.2 Å². The summed E-state index contributed by atoms with van der Waals surface area (Å²) in [6.45, 7) is 13.2. The molecule has 0 amide bonds. The van der Waals surface area contributed by atoms with Crippen LogP contribution < -0.4 is 0 Å². The maximum atomic E-state index is 10.4. The summed E-state index contributed by atoms with van der Waals surface area (Å²) in [4.78, 5) is 2.47. The molecule has 5 unspecified atom stereocenters. The van der Waals surface area contributed by atoms with Gasteiger partial charge in [0.1, 0.15) is 0 Å². The van der Waals surface area contributed by atoms with Crippen LogP contribution in [0.1, 0.15) is 53.9 Å². The Morgan fingerprint density at radius 2 is 1.63 bits per heavy atom. The number of nitrogens with zero attached hydrogens (tertiary/aromatic N) is 1. The topological polar surface area (TPSA) is 32.7 Å². The summed E-state index contributed by atoms with van der Waals surface area (Å²) in [5.74, 6) is 0.717. The SMILES string of the molecule is CC1CN(C2CC(C(C)(C)C)CCC2O)CC(C)O1. The molecule has 3 heteroatoms. The lowest BCUT2D eigenvalue weighted by atomic mass is 9.70. The molecule has 0 spiro atoms. The number of morpholine rings is 1. The van der Waals surface area contributed by atoms with E-state index in [0.29, 0.717) is 17.4 Å². The van der Waals surface area contributed by atoms with Crippen molar-refractivity contribution < 1.29 is 9.84 Å². The number of hydrogen-bond donors (Lipinski definition) is 1. The highest BCUT2D eigenvalue weighted by Gasteiger charge is 2.39. The van der Waals surface area contributed by atoms with Crippen LogP contribution in [0.25, 0.3) is 0 Å². The first-order chi connectivity index (χ1) is 8.77. The predicted octanol–water partition coefficient (Wildman–Crippen LogP) is 2.67. The van der Waals surface area contributed by atoms with Crippen LogP contribution in [0.15, 0.2) is 0 Å². The van der Waals surface area contributed by atoms with Gasteiger partial charge >= 0.3 is 0 Å². The molecular weight excluding hydrogens is 238 g/mol. The van der Waals surface area contributed by atoms with Gasteiger partial charge in [-0.1, -0.05) is 20.8 Å². The minimum Gasteiger partial charge on any atom is -0.391 e. The van der Waals surface area contributed by atoms with Gasteiger partial charge in [-0.15, -0.1) is 0 Å². The Kier molecular flexibility index (Phi) is 4.59. The van der Waals surface area contributed by atoms with E-state index in [0.717, 1.165) is 32.4 Å². The van der Waals surface area contributed by atoms with Crippen LogP contribution in [0.2, 0.25) is 0 Å². The van der Waals surface area contributed by atoms with E-state index in [1.807, 2.05) is 0 Å². The molecule has 1 aliphatic carbocycles. The van der Waals surface area contributed by atoms with Gasteiger partial charge in [-0.3, -0.25) is 4.90 Å². The molecule has 0 bridgehead atoms. The molecule has 1 N–H and O–H groups in total. The predicted molar refractivity (Wildman–Crippen MR) is 78.2 cm³/mol. The van der Waals surface area contributed by atoms with Crippen molar-refractivity contribution in [1.29, 1.82) is 0 Å². The number of aliphatic hydroxyl groups excluding tert-OH is 1. The van der Waals surface area contributed by atoms with E-state index in [1.165, 1.54) is 0 Å². The summed E-state index contributed by atoms with van der Waals surface area (Å²) in [6.07, 6.45) is 3.65. The van der Waals surface area contributed by atoms with Gasteiger partial charge in [0, 0.05) is 19.1 Å². The third kappa shape index (κ3) is 3.71. The Balaban J connectivity index is 2.04. The van der Waals surface area contributed by atoms with E-state index in [9.17, 15) is 5.11 Å². The minimum absolute atomic E-state index is 0.156. The molecule has 0 aromatic rings. The van der Waals surface area contributed by atoms with E-state index in [4.69, 9.17) is 4.74 Å². The minimum atomic E-state index is -0.156. The first-order valence-electron chi connectivity index (χ1n) is 7.85. The van der Waals surface area contributed by atoms with E-state index in [2.05, 4.69) is 39.5 Å². The molecule has 1 heterocycles. The van der Waals surface area contributed by atoms with Crippen molar-refractivity contribution in [3.05, 3.63) is 0 Å². The van der Waals surface area contributed by atoms with Crippen LogP contribution in [-0.4, -0.2) is 47.4 Å². The van der Waals surface area contributed by atoms with Gasteiger partial charge in [0.2, 0.25) is 0 Å². The number of aliphatic hydroxyl groups is 1. The van der Waals surface area contributed by atoms with Crippen LogP contribution in [0, 0.1) is 11.3 Å². The number of rotatable bonds is 1. The Labute approximate surface area is 118 Å². The Hall–Kier alpha value is -0.120. The highest BCUT2D eigenvalue weighted by atomic mass is 16.5. The van der Waals surface area contributed by atoms with E-state index < -0.39 is 0 Å². The van der Waals surface area contributed by atoms with Gasteiger partial charge in [-0.25, -0.2) is 0 Å². The molecule has 0 radical (unpaired) electrons. The van der Waals surface area contributed by atoms with Crippen molar-refractivity contribution in [3.8, 4) is 0 Å². The van der Waals surface area contributed by atoms with Crippen molar-refractivity contribution in [2.75, 3.05) is 13.1 Å². The highest BCUT2D eigenvalue weighted by molar-refractivity contribution is 4.92. The fourth-order valence-corrected chi connectivity index (χ4v) is 3.80. The molecule has 0 aromatic heterocycles. The summed E-state index contributed by atoms with van der Waals surface area (Å²) in [5.41, 5.74) is 0.349. The fourth-order valence-electron chi connectivity index (χ4n) is 3.80. The van der Waals surface area contributed by atoms with Crippen LogP contribution >= 0.6 is 0 Å². The number of ether oxygens (including phenoxy) is 1. The third-order valence-electron chi connectivity index (χ3n) is 4.92. The third-order valence-corrected chi connectivity index (χ3v) is 4.92. The second-order valence-electron chi connectivity index (χ2n) is 7.72. The van der Waals surface area contributed by atoms with Gasteiger partial charge in [-0.2, -0.15) is 0 Å². The molecule has 1 saturated carbocycles. The zero-order chi connectivity index (χ0) is 14.2. The molecule has 3 nitrogen and oxygen atoms in total. The van der Waals surface area contributed by atoms with Gasteiger partial charge in [0.05, 0.1) is 18.3 Å². The monoisotopic (exact) mass is 269 g/mol. The first-order valence-corrected chi connectivity index (χ1v) is 7.85. The van der Waals surface area contributed by atoms with Crippen LogP contribution in [0.4, 0.5) is 0 Å². The summed E-state index contributed by atoms with van der Waals surface area (Å²) >= 11 is 0. The van der Waals surface area contributed by atoms with E-state index in [-0.39, 0.29) is 18.3 Å². The molecule has 2 fully saturated rings. The molecule has 2 aliphatic rings. The molecule has 1 saturated heterocycles. The van der Waals surface area contributed by atoms with Gasteiger partial charge in [-0.05, 0) is 44.4 Å². The Bertz CT molecular complexity index is 290. The van der Waals surface area contributed by atoms with Crippen molar-refractivity contribution in [3.63, 3.8) is 0 Å². The largest absolute Gasteiger partial charge is 0.391 e. The molecule has 1 aliphatic heterocycles. The second-order valence-corrected chi connectivity index (χ2v) is 7.72. The zero-order valence-electron chi connectivity index (χ0n) is 13.2. The van der Waals surface area contributed by atoms with Crippen LogP contribution in [0.5, 0.6) is 0 Å². The van der Waals surface area contributed by atoms with Crippen LogP contribution in [0.3, 0.4) is 0 Å². The molecule has 112 valence electrons. The van der Waals surface area contributed by atoms with Gasteiger partial charge in [0.25, 0.3) is 0 Å². The van der Waals surface area contributed by atoms with Gasteiger partial charge in [0.15, 0.2) is 0 Å². The normalized spacial score (nSPS) is 42.3. The summed E-state index contributed by atoms with van der Waals surface area (Å²) in [5, 5.41) is 10.4. The quantitative estimate of drug-likeness (QED) is 0.794. The molecule has 19 heavy (non-hydrogen) atoms. The average molecular weight is 269 g/mol. The lowest BCUT2D eigenvalue weighted by molar-refractivity contribution is -0.110. The Morgan fingerprint density at radius 3 is 2.16 bits per heavy atom. The maximum absolute atomic E-state index is 10.4. The van der Waals surface area contributed by atoms with Crippen molar-refractivity contribution in [1.82, 2.24) is 4.90 Å². The van der Waals surface area contributed by atoms with Crippen molar-refractivity contribution >= 4 is 0 Å². The summed E-state index contributed by atoms with van der Waals surface area (Å²) in [6, 6.07) is 0.326. The molecular formula is C16H31NO2. The maximum Gasteiger partial charge on any atom is 0.0695 e. The molecule has 0 aromatic carbocycles. The van der Waals surface area contributed by atoms with Crippen LogP contribution in [-0.2, 0) is 4.74 Å². The standard InChI is InChI=1S/C16H31NO2/c1-11-9-17(10-12(2)19-11)14-8-13(16(3,4)5)6-7-15(14)18/h11-15,18H,6-10H2,1-5H3. The zero-order valence-corrected chi connectivity index (χ0v) is 13.2. The number of hydrogen-bond acceptors (Lipinski definition) is 3. The van der Waals surface area contributed by atoms with Crippen molar-refractivity contribution in [2.24, 2.45) is 11.3 Å². The second kappa shape index (κ2) is 5.71. The smallest absolute Gasteiger partial charge is 0.0695 e. The first kappa shape index (κ1) is 15.3. The lowest BCUT2D eigenvalue weighted by Crippen LogP contribution is -2.56. The van der Waals surface area contributed by atoms with E-state index >= 15 is 0 Å². The summed E-state index contributed by atoms with van der Waals surface area (Å²) in [7, 11) is 0. The highest BCUT2D eigenvalue weighted by Crippen LogP contribution is 2.39. The average Bonchev–Trinajstić information content (AvgIpc) is 2.26. The van der Waals surface area contributed by atoms with E-state index in [1.54, 1.807) is 0 Å². The fraction of sp³-hybridized carbons (Fsp3) is 1.00. The lowest BCUT2D eigenvalue weighted by Gasteiger charge is -2.47.